The fourth-order valence-corrected chi connectivity index (χ4v) is 8.74. The van der Waals surface area contributed by atoms with Crippen LogP contribution in [0.3, 0.4) is 0 Å². The Morgan fingerprint density at radius 1 is 0.733 bits per heavy atom. The minimum atomic E-state index is -0.0903. The Hall–Kier alpha value is -1.10. The molecule has 5 heteroatoms. The van der Waals surface area contributed by atoms with Crippen LogP contribution in [0.4, 0.5) is 0 Å². The van der Waals surface area contributed by atoms with E-state index in [-0.39, 0.29) is 5.41 Å². The van der Waals surface area contributed by atoms with Gasteiger partial charge in [0.15, 0.2) is 0 Å². The molecule has 0 N–H and O–H groups in total. The van der Waals surface area contributed by atoms with Crippen LogP contribution < -0.4 is 0 Å². The molecule has 2 atom stereocenters. The van der Waals surface area contributed by atoms with Crippen LogP contribution in [-0.4, -0.2) is 72.3 Å². The summed E-state index contributed by atoms with van der Waals surface area (Å²) in [5.74, 6) is 1.49. The summed E-state index contributed by atoms with van der Waals surface area (Å²) in [6.07, 6.45) is 12.1. The Balaban J connectivity index is 1.18. The molecule has 6 rings (SSSR count). The summed E-state index contributed by atoms with van der Waals surface area (Å²) in [7, 11) is 0. The van der Waals surface area contributed by atoms with Crippen molar-refractivity contribution in [3.63, 3.8) is 0 Å². The van der Waals surface area contributed by atoms with E-state index >= 15 is 0 Å². The van der Waals surface area contributed by atoms with Gasteiger partial charge in [0.1, 0.15) is 0 Å². The van der Waals surface area contributed by atoms with E-state index < -0.39 is 0 Å². The van der Waals surface area contributed by atoms with Gasteiger partial charge < -0.3 is 9.80 Å². The second kappa shape index (κ2) is 7.50. The molecule has 0 spiro atoms. The van der Waals surface area contributed by atoms with Crippen molar-refractivity contribution in [2.75, 3.05) is 45.8 Å². The maximum Gasteiger partial charge on any atom is 0.236 e. The molecule has 2 unspecified atom stereocenters. The van der Waals surface area contributed by atoms with Gasteiger partial charge in [-0.15, -0.1) is 0 Å². The number of carbonyl (C=O) groups excluding carboxylic acids is 2. The summed E-state index contributed by atoms with van der Waals surface area (Å²) in [4.78, 5) is 33.0. The molecule has 2 amide bonds. The number of nitrogens with zero attached hydrogens (tertiary/aromatic N) is 3. The lowest BCUT2D eigenvalue weighted by atomic mass is 9.40. The van der Waals surface area contributed by atoms with Gasteiger partial charge in [-0.3, -0.25) is 14.5 Å². The molecule has 2 saturated heterocycles. The summed E-state index contributed by atoms with van der Waals surface area (Å²) < 4.78 is 0. The van der Waals surface area contributed by atoms with E-state index in [0.29, 0.717) is 29.2 Å². The molecule has 0 aromatic heterocycles. The van der Waals surface area contributed by atoms with Gasteiger partial charge in [-0.25, -0.2) is 0 Å². The molecule has 0 aromatic rings. The molecule has 0 radical (unpaired) electrons. The topological polar surface area (TPSA) is 43.9 Å². The summed E-state index contributed by atoms with van der Waals surface area (Å²) in [5.41, 5.74) is 0.670. The number of piperazine rings is 1. The van der Waals surface area contributed by atoms with E-state index in [2.05, 4.69) is 28.5 Å². The van der Waals surface area contributed by atoms with Crippen molar-refractivity contribution in [1.82, 2.24) is 14.7 Å². The van der Waals surface area contributed by atoms with Crippen LogP contribution in [0.25, 0.3) is 0 Å². The van der Waals surface area contributed by atoms with Crippen LogP contribution >= 0.6 is 0 Å². The van der Waals surface area contributed by atoms with Crippen molar-refractivity contribution >= 4 is 11.8 Å². The fraction of sp³-hybridized carbons (Fsp3) is 0.920. The third-order valence-electron chi connectivity index (χ3n) is 9.06. The number of amides is 2. The lowest BCUT2D eigenvalue weighted by molar-refractivity contribution is -0.180. The van der Waals surface area contributed by atoms with Crippen LogP contribution in [-0.2, 0) is 9.59 Å². The third-order valence-corrected chi connectivity index (χ3v) is 9.06. The molecule has 5 nitrogen and oxygen atoms in total. The quantitative estimate of drug-likeness (QED) is 0.708. The molecule has 6 fully saturated rings. The van der Waals surface area contributed by atoms with Crippen molar-refractivity contribution in [2.24, 2.45) is 22.2 Å². The van der Waals surface area contributed by atoms with Crippen molar-refractivity contribution in [3.8, 4) is 0 Å². The van der Waals surface area contributed by atoms with Gasteiger partial charge in [0, 0.05) is 39.3 Å². The summed E-state index contributed by atoms with van der Waals surface area (Å²) in [6, 6.07) is 0. The molecule has 2 aliphatic heterocycles. The highest BCUT2D eigenvalue weighted by Gasteiger charge is 2.63. The van der Waals surface area contributed by atoms with Gasteiger partial charge in [0.25, 0.3) is 0 Å². The van der Waals surface area contributed by atoms with E-state index in [0.717, 1.165) is 77.3 Å². The molecule has 4 saturated carbocycles. The first-order valence-electron chi connectivity index (χ1n) is 12.6. The van der Waals surface area contributed by atoms with Gasteiger partial charge in [0.05, 0.1) is 12.0 Å². The first kappa shape index (κ1) is 20.8. The van der Waals surface area contributed by atoms with Gasteiger partial charge in [0.2, 0.25) is 11.8 Å². The number of rotatable bonds is 3. The Bertz CT molecular complexity index is 673. The first-order chi connectivity index (χ1) is 14.3. The third kappa shape index (κ3) is 3.80. The molecule has 4 aliphatic carbocycles. The van der Waals surface area contributed by atoms with E-state index in [1.54, 1.807) is 0 Å². The first-order valence-corrected chi connectivity index (χ1v) is 12.6. The Morgan fingerprint density at radius 3 is 1.90 bits per heavy atom. The molecule has 168 valence electrons. The van der Waals surface area contributed by atoms with Crippen LogP contribution in [0.2, 0.25) is 0 Å². The van der Waals surface area contributed by atoms with Crippen LogP contribution in [0.15, 0.2) is 0 Å². The zero-order chi connectivity index (χ0) is 21.0. The van der Waals surface area contributed by atoms with Crippen molar-refractivity contribution in [1.29, 1.82) is 0 Å². The summed E-state index contributed by atoms with van der Waals surface area (Å²) in [5, 5.41) is 0. The zero-order valence-corrected chi connectivity index (χ0v) is 19.3. The fourth-order valence-electron chi connectivity index (χ4n) is 8.74. The number of likely N-dealkylation sites (tertiary alicyclic amines) is 1. The predicted molar refractivity (Wildman–Crippen MR) is 118 cm³/mol. The second-order valence-corrected chi connectivity index (χ2v) is 12.3. The van der Waals surface area contributed by atoms with Crippen LogP contribution in [0, 0.1) is 22.2 Å². The number of hydrogen-bond donors (Lipinski definition) is 0. The minimum Gasteiger partial charge on any atom is -0.342 e. The molecule has 6 aliphatic rings. The lowest BCUT2D eigenvalue weighted by Crippen LogP contribution is -2.62. The molecular weight excluding hydrogens is 374 g/mol. The normalized spacial score (nSPS) is 41.7. The van der Waals surface area contributed by atoms with Crippen LogP contribution in [0.1, 0.15) is 78.1 Å². The van der Waals surface area contributed by atoms with E-state index in [1.807, 2.05) is 0 Å². The maximum absolute atomic E-state index is 13.8. The Kier molecular flexibility index (Phi) is 5.19. The second-order valence-electron chi connectivity index (χ2n) is 12.3. The highest BCUT2D eigenvalue weighted by Crippen LogP contribution is 2.69. The summed E-state index contributed by atoms with van der Waals surface area (Å²) in [6.45, 7) is 10.6. The maximum atomic E-state index is 13.8. The lowest BCUT2D eigenvalue weighted by Gasteiger charge is -2.65. The highest BCUT2D eigenvalue weighted by atomic mass is 16.2. The number of carbonyl (C=O) groups is 2. The van der Waals surface area contributed by atoms with Crippen molar-refractivity contribution in [2.45, 2.75) is 78.1 Å². The monoisotopic (exact) mass is 415 g/mol. The van der Waals surface area contributed by atoms with E-state index in [4.69, 9.17) is 0 Å². The molecule has 30 heavy (non-hydrogen) atoms. The molecular formula is C25H41N3O2. The minimum absolute atomic E-state index is 0.0903. The average Bonchev–Trinajstić information content (AvgIpc) is 2.95. The Morgan fingerprint density at radius 2 is 1.33 bits per heavy atom. The van der Waals surface area contributed by atoms with Gasteiger partial charge in [-0.2, -0.15) is 0 Å². The van der Waals surface area contributed by atoms with Gasteiger partial charge in [-0.1, -0.05) is 26.7 Å². The predicted octanol–water partition coefficient (Wildman–Crippen LogP) is 3.53. The smallest absolute Gasteiger partial charge is 0.236 e. The van der Waals surface area contributed by atoms with Gasteiger partial charge >= 0.3 is 0 Å². The van der Waals surface area contributed by atoms with Crippen LogP contribution in [0.5, 0.6) is 0 Å². The van der Waals surface area contributed by atoms with E-state index in [9.17, 15) is 9.59 Å². The SMILES string of the molecule is CC12CC3CC(C)(C1)CC(C(=O)N1CCN(CC(=O)N4CCCCCC4)CC1)(C3)C2. The van der Waals surface area contributed by atoms with Gasteiger partial charge in [-0.05, 0) is 68.1 Å². The Labute approximate surface area is 182 Å². The zero-order valence-electron chi connectivity index (χ0n) is 19.3. The standard InChI is InChI=1S/C25H41N3O2/c1-23-13-20-14-24(2,17-23)19-25(15-20,18-23)22(30)28-11-9-26(10-12-28)16-21(29)27-7-5-3-4-6-8-27/h20H,3-19H2,1-2H3. The molecule has 4 bridgehead atoms. The molecule has 2 heterocycles. The van der Waals surface area contributed by atoms with Crippen molar-refractivity contribution < 1.29 is 9.59 Å². The summed E-state index contributed by atoms with van der Waals surface area (Å²) >= 11 is 0. The molecule has 0 aromatic carbocycles. The highest BCUT2D eigenvalue weighted by molar-refractivity contribution is 5.84. The number of hydrogen-bond acceptors (Lipinski definition) is 3. The largest absolute Gasteiger partial charge is 0.342 e. The average molecular weight is 416 g/mol. The van der Waals surface area contributed by atoms with E-state index in [1.165, 1.54) is 32.1 Å². The van der Waals surface area contributed by atoms with Crippen molar-refractivity contribution in [3.05, 3.63) is 0 Å².